The molecule has 1 atom stereocenters. The normalized spacial score (nSPS) is 22.0. The Morgan fingerprint density at radius 2 is 1.60 bits per heavy atom. The van der Waals surface area contributed by atoms with Gasteiger partial charge in [0, 0.05) is 32.1 Å². The maximum atomic E-state index is 12.6. The molecule has 0 spiro atoms. The van der Waals surface area contributed by atoms with Crippen LogP contribution in [-0.4, -0.2) is 49.1 Å². The van der Waals surface area contributed by atoms with E-state index < -0.39 is 10.2 Å². The van der Waals surface area contributed by atoms with Gasteiger partial charge in [0.05, 0.1) is 6.04 Å². The minimum Gasteiger partial charge on any atom is -0.349 e. The molecule has 0 bridgehead atoms. The molecule has 2 heterocycles. The van der Waals surface area contributed by atoms with Crippen LogP contribution in [0.2, 0.25) is 0 Å². The lowest BCUT2D eigenvalue weighted by atomic mass is 9.96. The van der Waals surface area contributed by atoms with Crippen molar-refractivity contribution in [2.24, 2.45) is 5.92 Å². The van der Waals surface area contributed by atoms with Crippen molar-refractivity contribution < 1.29 is 13.2 Å². The highest BCUT2D eigenvalue weighted by molar-refractivity contribution is 7.86. The summed E-state index contributed by atoms with van der Waals surface area (Å²) in [5, 5.41) is 3.06. The first-order chi connectivity index (χ1) is 12.0. The largest absolute Gasteiger partial charge is 0.349 e. The highest BCUT2D eigenvalue weighted by atomic mass is 32.2. The van der Waals surface area contributed by atoms with Crippen molar-refractivity contribution in [3.05, 3.63) is 35.9 Å². The van der Waals surface area contributed by atoms with Crippen LogP contribution in [0.3, 0.4) is 0 Å². The number of hydrogen-bond donors (Lipinski definition) is 1. The molecule has 138 valence electrons. The van der Waals surface area contributed by atoms with Gasteiger partial charge in [-0.1, -0.05) is 30.3 Å². The van der Waals surface area contributed by atoms with Gasteiger partial charge < -0.3 is 5.32 Å². The zero-order valence-electron chi connectivity index (χ0n) is 14.7. The molecular weight excluding hydrogens is 338 g/mol. The van der Waals surface area contributed by atoms with Crippen LogP contribution in [0.5, 0.6) is 0 Å². The second-order valence-electron chi connectivity index (χ2n) is 6.93. The topological polar surface area (TPSA) is 69.7 Å². The van der Waals surface area contributed by atoms with Gasteiger partial charge in [0.2, 0.25) is 5.91 Å². The Morgan fingerprint density at radius 3 is 2.20 bits per heavy atom. The summed E-state index contributed by atoms with van der Waals surface area (Å²) in [7, 11) is -3.34. The van der Waals surface area contributed by atoms with E-state index in [2.05, 4.69) is 5.32 Å². The Balaban J connectivity index is 1.52. The summed E-state index contributed by atoms with van der Waals surface area (Å²) in [5.41, 5.74) is 1.07. The number of nitrogens with zero attached hydrogens (tertiary/aromatic N) is 2. The smallest absolute Gasteiger partial charge is 0.281 e. The molecule has 2 aliphatic rings. The zero-order valence-corrected chi connectivity index (χ0v) is 15.5. The summed E-state index contributed by atoms with van der Waals surface area (Å²) < 4.78 is 28.3. The summed E-state index contributed by atoms with van der Waals surface area (Å²) in [6.45, 7) is 4.07. The quantitative estimate of drug-likeness (QED) is 0.867. The van der Waals surface area contributed by atoms with Crippen molar-refractivity contribution in [2.45, 2.75) is 38.6 Å². The average molecular weight is 365 g/mol. The number of nitrogens with one attached hydrogen (secondary N) is 1. The Hall–Kier alpha value is -1.44. The highest BCUT2D eigenvalue weighted by Crippen LogP contribution is 2.24. The number of carbonyl (C=O) groups excluding carboxylic acids is 1. The van der Waals surface area contributed by atoms with Gasteiger partial charge in [0.25, 0.3) is 10.2 Å². The van der Waals surface area contributed by atoms with Crippen LogP contribution in [-0.2, 0) is 15.0 Å². The van der Waals surface area contributed by atoms with Crippen LogP contribution in [0.15, 0.2) is 30.3 Å². The fourth-order valence-corrected chi connectivity index (χ4v) is 5.31. The summed E-state index contributed by atoms with van der Waals surface area (Å²) in [5.74, 6) is -0.0919. The number of piperidine rings is 1. The van der Waals surface area contributed by atoms with Crippen molar-refractivity contribution in [2.75, 3.05) is 26.2 Å². The molecule has 0 radical (unpaired) electrons. The van der Waals surface area contributed by atoms with Gasteiger partial charge in [0.1, 0.15) is 0 Å². The molecule has 2 saturated heterocycles. The third kappa shape index (κ3) is 4.22. The molecule has 0 aromatic heterocycles. The second-order valence-corrected chi connectivity index (χ2v) is 8.86. The maximum absolute atomic E-state index is 12.6. The molecule has 25 heavy (non-hydrogen) atoms. The fraction of sp³-hybridized carbons (Fsp3) is 0.611. The van der Waals surface area contributed by atoms with Crippen LogP contribution in [0.1, 0.15) is 44.2 Å². The Morgan fingerprint density at radius 1 is 1.04 bits per heavy atom. The predicted molar refractivity (Wildman–Crippen MR) is 97.0 cm³/mol. The first-order valence-corrected chi connectivity index (χ1v) is 10.5. The molecule has 7 heteroatoms. The molecule has 6 nitrogen and oxygen atoms in total. The Kier molecular flexibility index (Phi) is 5.76. The number of amides is 1. The Labute approximate surface area is 150 Å². The van der Waals surface area contributed by atoms with Crippen LogP contribution < -0.4 is 5.32 Å². The minimum atomic E-state index is -3.34. The van der Waals surface area contributed by atoms with Crippen molar-refractivity contribution in [3.8, 4) is 0 Å². The van der Waals surface area contributed by atoms with E-state index in [-0.39, 0.29) is 17.9 Å². The molecule has 1 N–H and O–H groups in total. The lowest BCUT2D eigenvalue weighted by molar-refractivity contribution is -0.126. The lowest BCUT2D eigenvalue weighted by Crippen LogP contribution is -2.48. The lowest BCUT2D eigenvalue weighted by Gasteiger charge is -2.33. The highest BCUT2D eigenvalue weighted by Gasteiger charge is 2.35. The van der Waals surface area contributed by atoms with Crippen molar-refractivity contribution >= 4 is 16.1 Å². The monoisotopic (exact) mass is 365 g/mol. The van der Waals surface area contributed by atoms with Gasteiger partial charge in [-0.3, -0.25) is 4.79 Å². The van der Waals surface area contributed by atoms with Crippen LogP contribution >= 0.6 is 0 Å². The van der Waals surface area contributed by atoms with Gasteiger partial charge in [-0.05, 0) is 38.2 Å². The molecule has 1 aromatic rings. The standard InChI is InChI=1S/C18H27N3O3S/c1-15(16-7-3-2-4-8-16)19-18(22)17-9-13-21(14-10-17)25(23,24)20-11-5-6-12-20/h2-4,7-8,15,17H,5-6,9-14H2,1H3,(H,19,22)/t15-/m0/s1. The van der Waals surface area contributed by atoms with E-state index in [0.29, 0.717) is 39.0 Å². The summed E-state index contributed by atoms with van der Waals surface area (Å²) in [6.07, 6.45) is 3.05. The van der Waals surface area contributed by atoms with Gasteiger partial charge in [-0.25, -0.2) is 0 Å². The molecule has 2 fully saturated rings. The van der Waals surface area contributed by atoms with Gasteiger partial charge in [-0.15, -0.1) is 0 Å². The van der Waals surface area contributed by atoms with Crippen molar-refractivity contribution in [1.82, 2.24) is 13.9 Å². The Bertz CT molecular complexity index is 679. The third-order valence-electron chi connectivity index (χ3n) is 5.20. The van der Waals surface area contributed by atoms with Gasteiger partial charge in [-0.2, -0.15) is 17.0 Å². The van der Waals surface area contributed by atoms with Gasteiger partial charge >= 0.3 is 0 Å². The SMILES string of the molecule is C[C@H](NC(=O)C1CCN(S(=O)(=O)N2CCCC2)CC1)c1ccccc1. The first kappa shape index (κ1) is 18.4. The zero-order chi connectivity index (χ0) is 17.9. The van der Waals surface area contributed by atoms with Crippen molar-refractivity contribution in [3.63, 3.8) is 0 Å². The molecule has 3 rings (SSSR count). The summed E-state index contributed by atoms with van der Waals surface area (Å²) in [4.78, 5) is 12.5. The van der Waals surface area contributed by atoms with E-state index in [9.17, 15) is 13.2 Å². The third-order valence-corrected chi connectivity index (χ3v) is 7.24. The van der Waals surface area contributed by atoms with E-state index in [1.807, 2.05) is 37.3 Å². The summed E-state index contributed by atoms with van der Waals surface area (Å²) in [6, 6.07) is 9.82. The first-order valence-electron chi connectivity index (χ1n) is 9.09. The van der Waals surface area contributed by atoms with Crippen LogP contribution in [0.25, 0.3) is 0 Å². The molecule has 1 amide bonds. The van der Waals surface area contributed by atoms with E-state index >= 15 is 0 Å². The number of benzene rings is 1. The average Bonchev–Trinajstić information content (AvgIpc) is 3.18. The molecule has 1 aromatic carbocycles. The number of hydrogen-bond acceptors (Lipinski definition) is 3. The molecule has 0 aliphatic carbocycles. The van der Waals surface area contributed by atoms with E-state index in [4.69, 9.17) is 0 Å². The van der Waals surface area contributed by atoms with E-state index in [1.54, 1.807) is 8.61 Å². The molecule has 2 aliphatic heterocycles. The predicted octanol–water partition coefficient (Wildman–Crippen LogP) is 1.92. The van der Waals surface area contributed by atoms with Crippen LogP contribution in [0.4, 0.5) is 0 Å². The van der Waals surface area contributed by atoms with Crippen LogP contribution in [0, 0.1) is 5.92 Å². The maximum Gasteiger partial charge on any atom is 0.281 e. The summed E-state index contributed by atoms with van der Waals surface area (Å²) >= 11 is 0. The second kappa shape index (κ2) is 7.85. The van der Waals surface area contributed by atoms with Gasteiger partial charge in [0.15, 0.2) is 0 Å². The molecular formula is C18H27N3O3S. The van der Waals surface area contributed by atoms with E-state index in [1.165, 1.54) is 0 Å². The van der Waals surface area contributed by atoms with Crippen molar-refractivity contribution in [1.29, 1.82) is 0 Å². The fourth-order valence-electron chi connectivity index (χ4n) is 3.59. The number of carbonyl (C=O) groups is 1. The molecule has 0 saturated carbocycles. The number of rotatable bonds is 5. The molecule has 0 unspecified atom stereocenters. The minimum absolute atomic E-state index is 0.0228. The van der Waals surface area contributed by atoms with E-state index in [0.717, 1.165) is 18.4 Å².